The minimum atomic E-state index is -0.314. The average Bonchev–Trinajstić information content (AvgIpc) is 2.56. The number of aryl methyl sites for hydroxylation is 1. The molecular formula is C18H20ClNO3. The molecule has 2 rings (SSSR count). The second-order valence-corrected chi connectivity index (χ2v) is 5.65. The van der Waals surface area contributed by atoms with Crippen LogP contribution >= 0.6 is 11.6 Å². The van der Waals surface area contributed by atoms with Crippen molar-refractivity contribution < 1.29 is 14.6 Å². The molecule has 0 heterocycles. The van der Waals surface area contributed by atoms with Crippen LogP contribution in [0.4, 0.5) is 0 Å². The molecule has 0 bridgehead atoms. The second kappa shape index (κ2) is 8.67. The average molecular weight is 334 g/mol. The summed E-state index contributed by atoms with van der Waals surface area (Å²) in [5, 5.41) is 12.3. The quantitative estimate of drug-likeness (QED) is 0.818. The lowest BCUT2D eigenvalue weighted by molar-refractivity contribution is 0.0277. The van der Waals surface area contributed by atoms with Gasteiger partial charge in [-0.3, -0.25) is 4.79 Å². The molecule has 0 aromatic heterocycles. The van der Waals surface area contributed by atoms with E-state index in [0.29, 0.717) is 17.1 Å². The number of aliphatic hydroxyl groups is 1. The Bertz CT molecular complexity index is 643. The summed E-state index contributed by atoms with van der Waals surface area (Å²) in [7, 11) is 0. The Balaban J connectivity index is 2.03. The highest BCUT2D eigenvalue weighted by molar-refractivity contribution is 6.30. The Kier molecular flexibility index (Phi) is 6.59. The molecule has 2 aromatic rings. The van der Waals surface area contributed by atoms with Crippen LogP contribution < -0.4 is 5.32 Å². The molecule has 0 saturated carbocycles. The van der Waals surface area contributed by atoms with E-state index in [1.165, 1.54) is 0 Å². The molecule has 1 amide bonds. The van der Waals surface area contributed by atoms with Gasteiger partial charge in [-0.15, -0.1) is 0 Å². The topological polar surface area (TPSA) is 58.6 Å². The van der Waals surface area contributed by atoms with E-state index >= 15 is 0 Å². The molecule has 0 unspecified atom stereocenters. The summed E-state index contributed by atoms with van der Waals surface area (Å²) in [4.78, 5) is 12.2. The van der Waals surface area contributed by atoms with E-state index in [9.17, 15) is 4.79 Å². The maximum Gasteiger partial charge on any atom is 0.251 e. The molecule has 0 aliphatic rings. The molecule has 2 N–H and O–H groups in total. The van der Waals surface area contributed by atoms with Gasteiger partial charge in [-0.2, -0.15) is 0 Å². The molecule has 0 spiro atoms. The van der Waals surface area contributed by atoms with Crippen molar-refractivity contribution in [3.05, 3.63) is 70.2 Å². The van der Waals surface area contributed by atoms with Crippen LogP contribution in [0.1, 0.15) is 27.6 Å². The van der Waals surface area contributed by atoms with Crippen LogP contribution in [0.25, 0.3) is 0 Å². The van der Waals surface area contributed by atoms with Gasteiger partial charge in [-0.05, 0) is 30.7 Å². The van der Waals surface area contributed by atoms with E-state index in [4.69, 9.17) is 21.4 Å². The summed E-state index contributed by atoms with van der Waals surface area (Å²) >= 11 is 5.90. The molecule has 0 saturated heterocycles. The lowest BCUT2D eigenvalue weighted by Crippen LogP contribution is -2.30. The minimum Gasteiger partial charge on any atom is -0.394 e. The van der Waals surface area contributed by atoms with Crippen molar-refractivity contribution in [1.29, 1.82) is 0 Å². The zero-order valence-corrected chi connectivity index (χ0v) is 13.7. The van der Waals surface area contributed by atoms with Crippen molar-refractivity contribution in [3.8, 4) is 0 Å². The van der Waals surface area contributed by atoms with Gasteiger partial charge >= 0.3 is 0 Å². The lowest BCUT2D eigenvalue weighted by atomic mass is 10.1. The van der Waals surface area contributed by atoms with Crippen LogP contribution in [0.2, 0.25) is 5.02 Å². The SMILES string of the molecule is Cc1ccc([C@@H](CNC(=O)c2cccc(Cl)c2)OCCO)cc1. The molecule has 0 radical (unpaired) electrons. The van der Waals surface area contributed by atoms with Crippen LogP contribution in [0.15, 0.2) is 48.5 Å². The highest BCUT2D eigenvalue weighted by Crippen LogP contribution is 2.18. The van der Waals surface area contributed by atoms with E-state index in [-0.39, 0.29) is 25.2 Å². The zero-order chi connectivity index (χ0) is 16.7. The number of carbonyl (C=O) groups is 1. The Morgan fingerprint density at radius 1 is 1.26 bits per heavy atom. The molecule has 0 aliphatic heterocycles. The molecule has 1 atom stereocenters. The van der Waals surface area contributed by atoms with Gasteiger partial charge in [0, 0.05) is 17.1 Å². The van der Waals surface area contributed by atoms with Gasteiger partial charge in [0.1, 0.15) is 0 Å². The van der Waals surface area contributed by atoms with E-state index < -0.39 is 0 Å². The summed E-state index contributed by atoms with van der Waals surface area (Å²) < 4.78 is 5.64. The number of hydrogen-bond donors (Lipinski definition) is 2. The monoisotopic (exact) mass is 333 g/mol. The molecule has 23 heavy (non-hydrogen) atoms. The third-order valence-electron chi connectivity index (χ3n) is 3.39. The van der Waals surface area contributed by atoms with E-state index in [1.54, 1.807) is 24.3 Å². The van der Waals surface area contributed by atoms with Gasteiger partial charge in [-0.25, -0.2) is 0 Å². The number of halogens is 1. The molecule has 5 heteroatoms. The fourth-order valence-electron chi connectivity index (χ4n) is 2.17. The number of hydrogen-bond acceptors (Lipinski definition) is 3. The zero-order valence-electron chi connectivity index (χ0n) is 13.0. The highest BCUT2D eigenvalue weighted by atomic mass is 35.5. The highest BCUT2D eigenvalue weighted by Gasteiger charge is 2.14. The number of aliphatic hydroxyl groups excluding tert-OH is 1. The number of carbonyl (C=O) groups excluding carboxylic acids is 1. The number of nitrogens with one attached hydrogen (secondary N) is 1. The number of ether oxygens (including phenoxy) is 1. The first-order valence-corrected chi connectivity index (χ1v) is 7.80. The fourth-order valence-corrected chi connectivity index (χ4v) is 2.36. The normalized spacial score (nSPS) is 12.0. The number of amides is 1. The summed E-state index contributed by atoms with van der Waals surface area (Å²) in [5.41, 5.74) is 2.61. The van der Waals surface area contributed by atoms with Gasteiger partial charge in [0.25, 0.3) is 5.91 Å². The third kappa shape index (κ3) is 5.36. The molecule has 0 aliphatic carbocycles. The van der Waals surface area contributed by atoms with Gasteiger partial charge in [0.05, 0.1) is 19.3 Å². The smallest absolute Gasteiger partial charge is 0.251 e. The predicted octanol–water partition coefficient (Wildman–Crippen LogP) is 3.13. The lowest BCUT2D eigenvalue weighted by Gasteiger charge is -2.19. The van der Waals surface area contributed by atoms with Crippen molar-refractivity contribution in [2.24, 2.45) is 0 Å². The van der Waals surface area contributed by atoms with Crippen LogP contribution in [0, 0.1) is 6.92 Å². The predicted molar refractivity (Wildman–Crippen MR) is 90.7 cm³/mol. The molecule has 0 fully saturated rings. The first-order chi connectivity index (χ1) is 11.1. The molecule has 4 nitrogen and oxygen atoms in total. The van der Waals surface area contributed by atoms with Crippen molar-refractivity contribution in [2.45, 2.75) is 13.0 Å². The number of rotatable bonds is 7. The third-order valence-corrected chi connectivity index (χ3v) is 3.63. The Morgan fingerprint density at radius 3 is 2.65 bits per heavy atom. The van der Waals surface area contributed by atoms with E-state index in [2.05, 4.69) is 5.32 Å². The van der Waals surface area contributed by atoms with Gasteiger partial charge < -0.3 is 15.2 Å². The Labute approximate surface area is 141 Å². The second-order valence-electron chi connectivity index (χ2n) is 5.21. The molecular weight excluding hydrogens is 314 g/mol. The maximum atomic E-state index is 12.2. The van der Waals surface area contributed by atoms with Crippen molar-refractivity contribution >= 4 is 17.5 Å². The van der Waals surface area contributed by atoms with Crippen LogP contribution in [0.5, 0.6) is 0 Å². The number of benzene rings is 2. The fraction of sp³-hybridized carbons (Fsp3) is 0.278. The summed E-state index contributed by atoms with van der Waals surface area (Å²) in [5.74, 6) is -0.211. The van der Waals surface area contributed by atoms with E-state index in [0.717, 1.165) is 11.1 Å². The summed E-state index contributed by atoms with van der Waals surface area (Å²) in [6, 6.07) is 14.7. The van der Waals surface area contributed by atoms with Crippen LogP contribution in [-0.4, -0.2) is 30.8 Å². The van der Waals surface area contributed by atoms with Crippen molar-refractivity contribution in [1.82, 2.24) is 5.32 Å². The maximum absolute atomic E-state index is 12.2. The first-order valence-electron chi connectivity index (χ1n) is 7.43. The van der Waals surface area contributed by atoms with Crippen molar-refractivity contribution in [2.75, 3.05) is 19.8 Å². The molecule has 122 valence electrons. The van der Waals surface area contributed by atoms with Gasteiger partial charge in [0.2, 0.25) is 0 Å². The van der Waals surface area contributed by atoms with Crippen LogP contribution in [-0.2, 0) is 4.74 Å². The van der Waals surface area contributed by atoms with Gasteiger partial charge in [-0.1, -0.05) is 47.5 Å². The van der Waals surface area contributed by atoms with Gasteiger partial charge in [0.15, 0.2) is 0 Å². The standard InChI is InChI=1S/C18H20ClNO3/c1-13-5-7-14(8-6-13)17(23-10-9-21)12-20-18(22)15-3-2-4-16(19)11-15/h2-8,11,17,21H,9-10,12H2,1H3,(H,20,22)/t17-/m1/s1. The Hall–Kier alpha value is -1.88. The Morgan fingerprint density at radius 2 is 2.00 bits per heavy atom. The van der Waals surface area contributed by atoms with Crippen LogP contribution in [0.3, 0.4) is 0 Å². The molecule has 2 aromatic carbocycles. The summed E-state index contributed by atoms with van der Waals surface area (Å²) in [6.07, 6.45) is -0.314. The summed E-state index contributed by atoms with van der Waals surface area (Å²) in [6.45, 7) is 2.47. The first kappa shape index (κ1) is 17.5. The minimum absolute atomic E-state index is 0.0649. The van der Waals surface area contributed by atoms with Crippen molar-refractivity contribution in [3.63, 3.8) is 0 Å². The van der Waals surface area contributed by atoms with E-state index in [1.807, 2.05) is 31.2 Å². The largest absolute Gasteiger partial charge is 0.394 e.